The number of hydrogen-bond acceptors (Lipinski definition) is 1. The van der Waals surface area contributed by atoms with Gasteiger partial charge in [-0.05, 0) is 36.8 Å². The van der Waals surface area contributed by atoms with Crippen LogP contribution in [0.1, 0.15) is 56.2 Å². The van der Waals surface area contributed by atoms with E-state index in [0.29, 0.717) is 6.42 Å². The average Bonchev–Trinajstić information content (AvgIpc) is 2.37. The highest BCUT2D eigenvalue weighted by Crippen LogP contribution is 2.29. The number of aryl methyl sites for hydroxylation is 1. The number of hydrogen-bond donors (Lipinski definition) is 1. The summed E-state index contributed by atoms with van der Waals surface area (Å²) < 4.78 is 0. The lowest BCUT2D eigenvalue weighted by Gasteiger charge is -2.26. The van der Waals surface area contributed by atoms with Crippen molar-refractivity contribution < 1.29 is 4.79 Å². The van der Waals surface area contributed by atoms with Gasteiger partial charge < -0.3 is 5.32 Å². The zero-order chi connectivity index (χ0) is 12.1. The zero-order valence-electron chi connectivity index (χ0n) is 10.5. The van der Waals surface area contributed by atoms with Gasteiger partial charge in [0.25, 0.3) is 0 Å². The van der Waals surface area contributed by atoms with Gasteiger partial charge in [-0.15, -0.1) is 0 Å². The highest BCUT2D eigenvalue weighted by Gasteiger charge is 2.20. The number of carbonyl (C=O) groups excluding carboxylic acids is 1. The topological polar surface area (TPSA) is 29.1 Å². The molecular weight excluding hydrogens is 210 g/mol. The van der Waals surface area contributed by atoms with Crippen LogP contribution >= 0.6 is 0 Å². The minimum atomic E-state index is 0.202. The van der Waals surface area contributed by atoms with Gasteiger partial charge in [-0.2, -0.15) is 0 Å². The summed E-state index contributed by atoms with van der Waals surface area (Å²) in [6, 6.07) is 8.72. The summed E-state index contributed by atoms with van der Waals surface area (Å²) >= 11 is 0. The lowest BCUT2D eigenvalue weighted by Crippen LogP contribution is -2.30. The molecule has 2 rings (SSSR count). The monoisotopic (exact) mass is 231 g/mol. The smallest absolute Gasteiger partial charge is 0.220 e. The van der Waals surface area contributed by atoms with E-state index >= 15 is 0 Å². The van der Waals surface area contributed by atoms with Gasteiger partial charge in [0, 0.05) is 6.42 Å². The Balaban J connectivity index is 2.01. The van der Waals surface area contributed by atoms with Gasteiger partial charge in [-0.25, -0.2) is 0 Å². The lowest BCUT2D eigenvalue weighted by molar-refractivity contribution is -0.122. The normalized spacial score (nSPS) is 18.5. The van der Waals surface area contributed by atoms with E-state index < -0.39 is 0 Å². The van der Waals surface area contributed by atoms with E-state index in [9.17, 15) is 4.79 Å². The Hall–Kier alpha value is -1.31. The Labute approximate surface area is 103 Å². The van der Waals surface area contributed by atoms with Crippen LogP contribution in [0.5, 0.6) is 0 Å². The number of unbranched alkanes of at least 4 members (excludes halogenated alkanes) is 1. The van der Waals surface area contributed by atoms with E-state index in [2.05, 4.69) is 36.5 Å². The maximum atomic E-state index is 11.8. The summed E-state index contributed by atoms with van der Waals surface area (Å²) in [4.78, 5) is 11.8. The first-order valence-corrected chi connectivity index (χ1v) is 6.68. The summed E-state index contributed by atoms with van der Waals surface area (Å²) in [5.74, 6) is 0.202. The van der Waals surface area contributed by atoms with Crippen LogP contribution in [-0.2, 0) is 11.2 Å². The molecule has 92 valence electrons. The second kappa shape index (κ2) is 5.85. The van der Waals surface area contributed by atoms with Gasteiger partial charge >= 0.3 is 0 Å². The van der Waals surface area contributed by atoms with Crippen molar-refractivity contribution in [3.8, 4) is 0 Å². The molecule has 0 unspecified atom stereocenters. The van der Waals surface area contributed by atoms with Crippen molar-refractivity contribution in [2.24, 2.45) is 0 Å². The zero-order valence-corrected chi connectivity index (χ0v) is 10.5. The molecule has 1 aliphatic carbocycles. The molecule has 1 aromatic carbocycles. The van der Waals surface area contributed by atoms with Crippen LogP contribution in [0, 0.1) is 0 Å². The van der Waals surface area contributed by atoms with Gasteiger partial charge in [0.2, 0.25) is 5.91 Å². The van der Waals surface area contributed by atoms with Gasteiger partial charge in [0.15, 0.2) is 0 Å². The molecule has 1 aliphatic rings. The van der Waals surface area contributed by atoms with Crippen LogP contribution in [0.15, 0.2) is 24.3 Å². The molecule has 0 heterocycles. The third kappa shape index (κ3) is 3.09. The minimum absolute atomic E-state index is 0.202. The molecule has 0 fully saturated rings. The summed E-state index contributed by atoms with van der Waals surface area (Å²) in [6.45, 7) is 2.11. The van der Waals surface area contributed by atoms with Gasteiger partial charge in [0.1, 0.15) is 0 Å². The number of fused-ring (bicyclic) bond motifs is 1. The SMILES string of the molecule is CCCCC(=O)N[C@H]1CCCc2ccccc21. The third-order valence-electron chi connectivity index (χ3n) is 3.46. The highest BCUT2D eigenvalue weighted by molar-refractivity contribution is 5.76. The Morgan fingerprint density at radius 1 is 1.41 bits per heavy atom. The Morgan fingerprint density at radius 3 is 3.06 bits per heavy atom. The Bertz CT molecular complexity index is 386. The number of nitrogens with one attached hydrogen (secondary N) is 1. The van der Waals surface area contributed by atoms with E-state index in [0.717, 1.165) is 25.7 Å². The summed E-state index contributed by atoms with van der Waals surface area (Å²) in [5, 5.41) is 3.17. The van der Waals surface area contributed by atoms with Crippen molar-refractivity contribution in [1.29, 1.82) is 0 Å². The standard InChI is InChI=1S/C15H21NO/c1-2-3-11-15(17)16-14-10-6-8-12-7-4-5-9-13(12)14/h4-5,7,9,14H,2-3,6,8,10-11H2,1H3,(H,16,17)/t14-/m0/s1. The minimum Gasteiger partial charge on any atom is -0.349 e. The van der Waals surface area contributed by atoms with Crippen LogP contribution in [0.2, 0.25) is 0 Å². The number of benzene rings is 1. The lowest BCUT2D eigenvalue weighted by atomic mass is 9.87. The molecule has 2 heteroatoms. The molecule has 0 bridgehead atoms. The molecule has 0 spiro atoms. The molecule has 0 radical (unpaired) electrons. The van der Waals surface area contributed by atoms with E-state index in [1.54, 1.807) is 0 Å². The van der Waals surface area contributed by atoms with Crippen LogP contribution in [-0.4, -0.2) is 5.91 Å². The molecule has 0 saturated heterocycles. The van der Waals surface area contributed by atoms with Crippen LogP contribution in [0.25, 0.3) is 0 Å². The maximum absolute atomic E-state index is 11.8. The predicted molar refractivity (Wildman–Crippen MR) is 69.8 cm³/mol. The van der Waals surface area contributed by atoms with E-state index in [1.165, 1.54) is 17.5 Å². The number of rotatable bonds is 4. The van der Waals surface area contributed by atoms with Crippen molar-refractivity contribution in [1.82, 2.24) is 5.32 Å². The fraction of sp³-hybridized carbons (Fsp3) is 0.533. The molecular formula is C15H21NO. The number of amides is 1. The molecule has 1 aromatic rings. The van der Waals surface area contributed by atoms with Crippen molar-refractivity contribution in [2.75, 3.05) is 0 Å². The van der Waals surface area contributed by atoms with E-state index in [-0.39, 0.29) is 11.9 Å². The van der Waals surface area contributed by atoms with E-state index in [1.807, 2.05) is 0 Å². The van der Waals surface area contributed by atoms with Crippen molar-refractivity contribution in [3.63, 3.8) is 0 Å². The van der Waals surface area contributed by atoms with Crippen molar-refractivity contribution in [2.45, 2.75) is 51.5 Å². The van der Waals surface area contributed by atoms with Crippen LogP contribution in [0.3, 0.4) is 0 Å². The Morgan fingerprint density at radius 2 is 2.24 bits per heavy atom. The molecule has 2 nitrogen and oxygen atoms in total. The van der Waals surface area contributed by atoms with Crippen LogP contribution < -0.4 is 5.32 Å². The first-order valence-electron chi connectivity index (χ1n) is 6.68. The Kier molecular flexibility index (Phi) is 4.18. The fourth-order valence-corrected chi connectivity index (χ4v) is 2.51. The molecule has 0 saturated carbocycles. The second-order valence-corrected chi connectivity index (χ2v) is 4.81. The second-order valence-electron chi connectivity index (χ2n) is 4.81. The molecule has 17 heavy (non-hydrogen) atoms. The van der Waals surface area contributed by atoms with Gasteiger partial charge in [-0.3, -0.25) is 4.79 Å². The summed E-state index contributed by atoms with van der Waals surface area (Å²) in [7, 11) is 0. The van der Waals surface area contributed by atoms with Gasteiger partial charge in [-0.1, -0.05) is 37.6 Å². The van der Waals surface area contributed by atoms with Crippen LogP contribution in [0.4, 0.5) is 0 Å². The molecule has 0 aliphatic heterocycles. The quantitative estimate of drug-likeness (QED) is 0.845. The molecule has 1 N–H and O–H groups in total. The summed E-state index contributed by atoms with van der Waals surface area (Å²) in [6.07, 6.45) is 6.13. The van der Waals surface area contributed by atoms with Gasteiger partial charge in [0.05, 0.1) is 6.04 Å². The molecule has 1 atom stereocenters. The first-order chi connectivity index (χ1) is 8.31. The fourth-order valence-electron chi connectivity index (χ4n) is 2.51. The third-order valence-corrected chi connectivity index (χ3v) is 3.46. The maximum Gasteiger partial charge on any atom is 0.220 e. The summed E-state index contributed by atoms with van der Waals surface area (Å²) in [5.41, 5.74) is 2.73. The van der Waals surface area contributed by atoms with Crippen molar-refractivity contribution >= 4 is 5.91 Å². The van der Waals surface area contributed by atoms with Crippen molar-refractivity contribution in [3.05, 3.63) is 35.4 Å². The largest absolute Gasteiger partial charge is 0.349 e. The highest BCUT2D eigenvalue weighted by atomic mass is 16.1. The molecule has 1 amide bonds. The first kappa shape index (κ1) is 12.2. The number of carbonyl (C=O) groups is 1. The van der Waals surface area contributed by atoms with E-state index in [4.69, 9.17) is 0 Å². The predicted octanol–water partition coefficient (Wildman–Crippen LogP) is 3.37. The molecule has 0 aromatic heterocycles. The average molecular weight is 231 g/mol.